The van der Waals surface area contributed by atoms with Crippen LogP contribution in [0.3, 0.4) is 0 Å². The molecule has 0 unspecified atom stereocenters. The van der Waals surface area contributed by atoms with Crippen molar-refractivity contribution in [2.24, 2.45) is 0 Å². The molecule has 16 nitrogen and oxygen atoms in total. The molecule has 22 rings (SSSR count). The molecule has 0 amide bonds. The van der Waals surface area contributed by atoms with E-state index in [1.54, 1.807) is 24.4 Å². The molecule has 121 heavy (non-hydrogen) atoms. The second-order valence-corrected chi connectivity index (χ2v) is 29.7. The normalized spacial score (nSPS) is 11.2. The monoisotopic (exact) mass is 1630 g/mol. The van der Waals surface area contributed by atoms with Gasteiger partial charge in [0.25, 0.3) is 0 Å². The van der Waals surface area contributed by atoms with Gasteiger partial charge in [0.15, 0.2) is 34.9 Å². The largest absolute Gasteiger partial charge is 0.488 e. The maximum Gasteiger partial charge on any atom is 0.488 e. The zero-order valence-corrected chi connectivity index (χ0v) is 65.5. The molecule has 0 bridgehead atoms. The summed E-state index contributed by atoms with van der Waals surface area (Å²) in [4.78, 5) is 68.5. The molecule has 10 heterocycles. The lowest BCUT2D eigenvalue weighted by Gasteiger charge is -2.13. The second kappa shape index (κ2) is 33.2. The lowest BCUT2D eigenvalue weighted by atomic mass is 9.79. The van der Waals surface area contributed by atoms with Gasteiger partial charge in [0.1, 0.15) is 0 Å². The van der Waals surface area contributed by atoms with Gasteiger partial charge in [0.05, 0.1) is 66.9 Å². The summed E-state index contributed by atoms with van der Waals surface area (Å²) in [5, 5.41) is 27.0. The van der Waals surface area contributed by atoms with Crippen LogP contribution in [0.5, 0.6) is 0 Å². The van der Waals surface area contributed by atoms with Crippen molar-refractivity contribution in [1.29, 1.82) is 0 Å². The number of fused-ring (bicyclic) bond motifs is 12. The molecule has 2 N–H and O–H groups in total. The number of halogens is 1. The Morgan fingerprint density at radius 3 is 0.802 bits per heavy atom. The molecule has 0 atom stereocenters. The van der Waals surface area contributed by atoms with E-state index in [4.69, 9.17) is 54.8 Å². The maximum absolute atomic E-state index is 9.33. The Morgan fingerprint density at radius 2 is 0.446 bits per heavy atom. The van der Waals surface area contributed by atoms with E-state index in [1.807, 2.05) is 213 Å². The Hall–Kier alpha value is -15.6. The average Bonchev–Trinajstić information content (AvgIpc) is 0.781. The molecule has 0 saturated carbocycles. The lowest BCUT2D eigenvalue weighted by Crippen LogP contribution is -2.29. The van der Waals surface area contributed by atoms with E-state index in [2.05, 4.69) is 170 Å². The zero-order valence-electron chi connectivity index (χ0n) is 63.9. The van der Waals surface area contributed by atoms with E-state index in [0.717, 1.165) is 181 Å². The molecule has 10 aromatic heterocycles. The third-order valence-electron chi connectivity index (χ3n) is 21.0. The van der Waals surface area contributed by atoms with Gasteiger partial charge in [-0.15, -0.1) is 0 Å². The van der Waals surface area contributed by atoms with Gasteiger partial charge < -0.3 is 10.0 Å². The van der Waals surface area contributed by atoms with Gasteiger partial charge >= 0.3 is 7.12 Å². The van der Waals surface area contributed by atoms with E-state index in [-0.39, 0.29) is 13.1 Å². The average molecular weight is 1630 g/mol. The topological polar surface area (TPSA) is 221 Å². The van der Waals surface area contributed by atoms with Crippen LogP contribution in [-0.2, 0) is 0 Å². The lowest BCUT2D eigenvalue weighted by molar-refractivity contribution is 0.426. The van der Waals surface area contributed by atoms with Gasteiger partial charge in [-0.05, 0) is 113 Å². The van der Waals surface area contributed by atoms with Crippen molar-refractivity contribution in [3.8, 4) is 124 Å². The maximum atomic E-state index is 9.33. The van der Waals surface area contributed by atoms with Crippen molar-refractivity contribution < 1.29 is 15.8 Å². The molecule has 0 radical (unpaired) electrons. The molecule has 0 aliphatic heterocycles. The standard InChI is InChI=1S/C51H31N7.C33H20BrN5.C18H13BN2O2.CH4.4H2/c1-3-10-36(11-4-1)49-56-50(37-12-5-2-6-13-37)58-51(57-49)42-30-40(29-41(31-42)44-25-23-35-21-19-33-17-9-27-53-46(33)48(35)55-44)38-14-7-15-39(28-38)43-24-22-34-20-18-32-16-8-26-52-45(32)47(34)54-43;34-27-19-25(28-16-15-22-14-13-21-12-7-17-35-29(21)30(22)36-28)18-26(20-27)33-38-31(23-8-3-1-4-9-23)37-32(39-33)24-10-5-2-6-11-24;22-19(23)15-5-1-3-14(11-15)16-9-8-13-7-6-12-4-2-10-20-17(12)18(13)21-16;;;;;/h1-31H;1-20H;1-11,22-23H;1H4;4*1H. The Morgan fingerprint density at radius 1 is 0.198 bits per heavy atom. The quantitative estimate of drug-likeness (QED) is 0.0857. The summed E-state index contributed by atoms with van der Waals surface area (Å²) in [5.41, 5.74) is 21.9. The van der Waals surface area contributed by atoms with Gasteiger partial charge in [-0.2, -0.15) is 0 Å². The van der Waals surface area contributed by atoms with Crippen LogP contribution in [0, 0.1) is 0 Å². The van der Waals surface area contributed by atoms with Gasteiger partial charge in [0, 0.05) is 128 Å². The summed E-state index contributed by atoms with van der Waals surface area (Å²) >= 11 is 3.71. The van der Waals surface area contributed by atoms with Gasteiger partial charge in [-0.1, -0.05) is 284 Å². The third-order valence-corrected chi connectivity index (χ3v) is 21.5. The molecule has 0 saturated heterocycles. The molecule has 0 spiro atoms. The van der Waals surface area contributed by atoms with E-state index in [1.165, 1.54) is 0 Å². The summed E-state index contributed by atoms with van der Waals surface area (Å²) in [7, 11) is -1.49. The van der Waals surface area contributed by atoms with Gasteiger partial charge in [-0.3, -0.25) is 19.9 Å². The highest BCUT2D eigenvalue weighted by molar-refractivity contribution is 9.10. The van der Waals surface area contributed by atoms with Crippen LogP contribution in [0.4, 0.5) is 0 Å². The van der Waals surface area contributed by atoms with Crippen molar-refractivity contribution in [3.63, 3.8) is 0 Å². The van der Waals surface area contributed by atoms with Crippen molar-refractivity contribution in [2.75, 3.05) is 0 Å². The Bertz CT molecular complexity index is 7600. The first-order chi connectivity index (χ1) is 59.1. The van der Waals surface area contributed by atoms with E-state index < -0.39 is 7.12 Å². The Balaban J connectivity index is 0.000000156. The number of nitrogens with zero attached hydrogens (tertiary/aromatic N) is 14. The number of pyridine rings is 8. The SMILES string of the molecule is Brc1cc(-c2ccc3ccc4cccnc4c3n2)cc(-c2nc(-c3ccccc3)nc(-c3ccccc3)n2)c1.C.OB(O)c1cccc(-c2ccc3ccc4cccnc4c3n2)c1.[HH].[HH].[HH].[HH].c1ccc(-c2nc(-c3ccccc3)nc(-c3cc(-c4cccc(-c5ccc6ccc7cccnc7c6n5)c4)cc(-c4ccc5ccc6cccnc6c5n4)c3)n2)cc1. The molecular formula is C103H76BBrN14O2. The summed E-state index contributed by atoms with van der Waals surface area (Å²) in [6.45, 7) is 0. The minimum Gasteiger partial charge on any atom is -0.423 e. The summed E-state index contributed by atoms with van der Waals surface area (Å²) in [6.07, 6.45) is 7.21. The first kappa shape index (κ1) is 75.4. The highest BCUT2D eigenvalue weighted by atomic mass is 79.9. The van der Waals surface area contributed by atoms with Gasteiger partial charge in [-0.25, -0.2) is 49.8 Å². The van der Waals surface area contributed by atoms with Crippen LogP contribution in [0.1, 0.15) is 13.1 Å². The third kappa shape index (κ3) is 15.7. The second-order valence-electron chi connectivity index (χ2n) is 28.8. The molecule has 580 valence electrons. The summed E-state index contributed by atoms with van der Waals surface area (Å²) in [5.74, 6) is 3.62. The van der Waals surface area contributed by atoms with E-state index >= 15 is 0 Å². The smallest absolute Gasteiger partial charge is 0.423 e. The molecule has 0 fully saturated rings. The first-order valence-electron chi connectivity index (χ1n) is 39.0. The summed E-state index contributed by atoms with van der Waals surface area (Å²) in [6, 6.07) is 117. The van der Waals surface area contributed by atoms with Crippen LogP contribution in [0.15, 0.2) is 381 Å². The summed E-state index contributed by atoms with van der Waals surface area (Å²) < 4.78 is 0.913. The predicted molar refractivity (Wildman–Crippen MR) is 501 cm³/mol. The van der Waals surface area contributed by atoms with E-state index in [9.17, 15) is 10.0 Å². The first-order valence-corrected chi connectivity index (χ1v) is 39.8. The molecule has 0 aliphatic carbocycles. The van der Waals surface area contributed by atoms with Crippen LogP contribution >= 0.6 is 15.9 Å². The van der Waals surface area contributed by atoms with E-state index in [0.29, 0.717) is 40.4 Å². The highest BCUT2D eigenvalue weighted by Gasteiger charge is 2.21. The van der Waals surface area contributed by atoms with Crippen LogP contribution < -0.4 is 5.46 Å². The Labute approximate surface area is 709 Å². The Kier molecular flexibility index (Phi) is 20.7. The number of aromatic nitrogens is 14. The molecule has 18 heteroatoms. The fraction of sp³-hybridized carbons (Fsp3) is 0.00971. The highest BCUT2D eigenvalue weighted by Crippen LogP contribution is 2.39. The number of rotatable bonds is 12. The van der Waals surface area contributed by atoms with Crippen LogP contribution in [0.25, 0.3) is 212 Å². The fourth-order valence-electron chi connectivity index (χ4n) is 15.1. The van der Waals surface area contributed by atoms with Crippen LogP contribution in [-0.4, -0.2) is 86.9 Å². The zero-order chi connectivity index (χ0) is 80.4. The minimum absolute atomic E-state index is 0. The molecular weight excluding hydrogens is 1560 g/mol. The van der Waals surface area contributed by atoms with Crippen molar-refractivity contribution >= 4 is 116 Å². The molecule has 0 aliphatic rings. The minimum atomic E-state index is -1.49. The van der Waals surface area contributed by atoms with Crippen molar-refractivity contribution in [1.82, 2.24) is 69.8 Å². The number of hydrogen-bond donors (Lipinski definition) is 2. The molecule has 22 aromatic rings. The fourth-order valence-corrected chi connectivity index (χ4v) is 15.6. The van der Waals surface area contributed by atoms with Crippen molar-refractivity contribution in [2.45, 2.75) is 7.43 Å². The molecule has 12 aromatic carbocycles. The van der Waals surface area contributed by atoms with Crippen molar-refractivity contribution in [3.05, 3.63) is 381 Å². The number of benzene rings is 12. The predicted octanol–water partition coefficient (Wildman–Crippen LogP) is 24.2. The van der Waals surface area contributed by atoms with Gasteiger partial charge in [0.2, 0.25) is 0 Å². The number of hydrogen-bond acceptors (Lipinski definition) is 16. The van der Waals surface area contributed by atoms with Crippen LogP contribution in [0.2, 0.25) is 0 Å².